The minimum atomic E-state index is -0.0909. The van der Waals surface area contributed by atoms with Gasteiger partial charge in [0.05, 0.1) is 0 Å². The van der Waals surface area contributed by atoms with Crippen molar-refractivity contribution in [3.05, 3.63) is 299 Å². The predicted octanol–water partition coefficient (Wildman–Crippen LogP) is 35.3. The summed E-state index contributed by atoms with van der Waals surface area (Å²) in [6, 6.07) is 102. The van der Waals surface area contributed by atoms with Gasteiger partial charge < -0.3 is 0 Å². The molecule has 0 bridgehead atoms. The molecule has 20 aromatic carbocycles. The minimum absolute atomic E-state index is 0.0909. The van der Waals surface area contributed by atoms with Crippen LogP contribution in [0.15, 0.2) is 255 Å². The van der Waals surface area contributed by atoms with Crippen LogP contribution in [0, 0.1) is 0 Å². The second-order valence-corrected chi connectivity index (χ2v) is 44.0. The molecule has 0 N–H and O–H groups in total. The molecule has 0 atom stereocenters. The van der Waals surface area contributed by atoms with Crippen molar-refractivity contribution in [2.24, 2.45) is 0 Å². The Kier molecular flexibility index (Phi) is 16.8. The molecule has 120 heavy (non-hydrogen) atoms. The number of rotatable bonds is 7. The zero-order chi connectivity index (χ0) is 84.3. The van der Waals surface area contributed by atoms with Gasteiger partial charge in [0.1, 0.15) is 0 Å². The molecule has 0 nitrogen and oxygen atoms in total. The van der Waals surface area contributed by atoms with Gasteiger partial charge in [0, 0.05) is 0 Å². The van der Waals surface area contributed by atoms with Gasteiger partial charge in [0.15, 0.2) is 0 Å². The summed E-state index contributed by atoms with van der Waals surface area (Å²) in [5, 5.41) is 31.7. The number of hydrogen-bond acceptors (Lipinski definition) is 0. The third-order valence-electron chi connectivity index (χ3n) is 27.6. The summed E-state index contributed by atoms with van der Waals surface area (Å²) in [5.41, 5.74) is 27.9. The fraction of sp³-hybridized carbons (Fsp3) is 0.267. The molecule has 594 valence electrons. The molecule has 0 aliphatic heterocycles. The van der Waals surface area contributed by atoms with Gasteiger partial charge in [-0.3, -0.25) is 0 Å². The highest BCUT2D eigenvalue weighted by atomic mass is 14.4. The van der Waals surface area contributed by atoms with Crippen molar-refractivity contribution in [3.63, 3.8) is 0 Å². The standard InChI is InChI=1S/C120H114/c1-113(2,3)77-55-73(56-78(63-77)114(4,5)6)99-105-89-37-25-31-71-33-27-39-91(97(71)89)107(105)101(75-59-81(117(13,14)15)65-82(60-75)118(16,17)18)111-95-53-51-85(87-35-29-41-93(103(87)95)109(99)111)69-47-43-67(44-48-69)68-45-49-70(50-46-68)86-52-54-96-104-88(86)36-30-42-94(104)110-100(74-57-79(115(7,8)9)64-80(58-74)116(10,11)12)106-90-38-26-32-72-34-28-40-92(98(72)90)108(106)102(112(96)110)76-61-83(119(19,20)21)66-84(62-76)120(22,23)24/h25-66H,1-24H3. The van der Waals surface area contributed by atoms with Gasteiger partial charge in [-0.15, -0.1) is 0 Å². The monoisotopic (exact) mass is 1550 g/mol. The van der Waals surface area contributed by atoms with Gasteiger partial charge in [-0.05, 0) is 295 Å². The Morgan fingerprint density at radius 1 is 0.133 bits per heavy atom. The SMILES string of the molecule is CC(C)(C)c1cc(-c2c3c4cccc5cccc(c3c(-c3cc(C(C)(C)C)cc(C(C)(C)C)c3)c3c6ccc(-c7ccc(-c8ccc(-c9ccc%10c%11c(-c%12cc(C(C)(C)C)cc(C(C)(C)C)c%12)c%12c%13cccc%14cccc(c%12c(-c%12cc(C(C)(C)C)cc(C(C)(C)C)c%12)c%11c%11cccc9c%11%10)c%14%13)cc8)cc7)c7cccc(c23)c76)c54)cc(C(C)(C)C)c1. The zero-order valence-electron chi connectivity index (χ0n) is 75.2. The third kappa shape index (κ3) is 12.0. The molecule has 0 heteroatoms. The van der Waals surface area contributed by atoms with Crippen LogP contribution in [0.25, 0.3) is 207 Å². The molecular weight excluding hydrogens is 1440 g/mol. The molecule has 0 aromatic heterocycles. The first kappa shape index (κ1) is 77.2. The van der Waals surface area contributed by atoms with Crippen LogP contribution in [0.5, 0.6) is 0 Å². The van der Waals surface area contributed by atoms with E-state index in [9.17, 15) is 0 Å². The molecule has 0 radical (unpaired) electrons. The first-order chi connectivity index (χ1) is 56.6. The molecule has 0 spiro atoms. The van der Waals surface area contributed by atoms with Crippen LogP contribution in [-0.4, -0.2) is 0 Å². The second kappa shape index (κ2) is 26.0. The van der Waals surface area contributed by atoms with E-state index >= 15 is 0 Å². The first-order valence-corrected chi connectivity index (χ1v) is 44.1. The number of fused-ring (bicyclic) bond motifs is 12. The Morgan fingerprint density at radius 2 is 0.308 bits per heavy atom. The van der Waals surface area contributed by atoms with Crippen molar-refractivity contribution in [2.45, 2.75) is 209 Å². The van der Waals surface area contributed by atoms with E-state index in [1.807, 2.05) is 0 Å². The maximum absolute atomic E-state index is 2.56. The Balaban J connectivity index is 0.774. The van der Waals surface area contributed by atoms with Gasteiger partial charge in [-0.1, -0.05) is 421 Å². The van der Waals surface area contributed by atoms with E-state index in [-0.39, 0.29) is 43.3 Å². The fourth-order valence-corrected chi connectivity index (χ4v) is 20.7. The quantitative estimate of drug-likeness (QED) is 0.149. The molecule has 0 amide bonds. The molecular formula is C120H114. The lowest BCUT2D eigenvalue weighted by atomic mass is 9.76. The lowest BCUT2D eigenvalue weighted by molar-refractivity contribution is 0.568. The summed E-state index contributed by atoms with van der Waals surface area (Å²) in [4.78, 5) is 0. The van der Waals surface area contributed by atoms with Gasteiger partial charge in [0.2, 0.25) is 0 Å². The van der Waals surface area contributed by atoms with Gasteiger partial charge in [-0.25, -0.2) is 0 Å². The van der Waals surface area contributed by atoms with Crippen LogP contribution < -0.4 is 0 Å². The van der Waals surface area contributed by atoms with Gasteiger partial charge in [0.25, 0.3) is 0 Å². The normalized spacial score (nSPS) is 13.5. The van der Waals surface area contributed by atoms with E-state index in [0.717, 1.165) is 0 Å². The molecule has 0 fully saturated rings. The molecule has 0 saturated carbocycles. The molecule has 0 unspecified atom stereocenters. The van der Waals surface area contributed by atoms with E-state index in [0.29, 0.717) is 0 Å². The van der Waals surface area contributed by atoms with E-state index in [1.165, 1.54) is 252 Å². The Bertz CT molecular complexity index is 6720. The summed E-state index contributed by atoms with van der Waals surface area (Å²) >= 11 is 0. The maximum Gasteiger partial charge on any atom is -0.000717 e. The minimum Gasteiger partial charge on any atom is -0.0610 e. The summed E-state index contributed by atoms with van der Waals surface area (Å²) in [7, 11) is 0. The average molecular weight is 1560 g/mol. The van der Waals surface area contributed by atoms with E-state index in [4.69, 9.17) is 0 Å². The third-order valence-corrected chi connectivity index (χ3v) is 27.6. The van der Waals surface area contributed by atoms with E-state index < -0.39 is 0 Å². The molecule has 20 aromatic rings. The van der Waals surface area contributed by atoms with Crippen molar-refractivity contribution < 1.29 is 0 Å². The highest BCUT2D eigenvalue weighted by Crippen LogP contribution is 2.61. The number of benzene rings is 16. The first-order valence-electron chi connectivity index (χ1n) is 44.1. The molecule has 20 rings (SSSR count). The average Bonchev–Trinajstić information content (AvgIpc) is 1.51. The smallest absolute Gasteiger partial charge is 0.000717 e. The van der Waals surface area contributed by atoms with Crippen LogP contribution in [-0.2, 0) is 43.3 Å². The Labute approximate surface area is 711 Å². The highest BCUT2D eigenvalue weighted by Gasteiger charge is 2.36. The van der Waals surface area contributed by atoms with Crippen LogP contribution in [0.4, 0.5) is 0 Å². The van der Waals surface area contributed by atoms with Crippen LogP contribution >= 0.6 is 0 Å². The Morgan fingerprint density at radius 3 is 0.517 bits per heavy atom. The van der Waals surface area contributed by atoms with E-state index in [2.05, 4.69) is 421 Å². The van der Waals surface area contributed by atoms with Crippen LogP contribution in [0.3, 0.4) is 0 Å². The topological polar surface area (TPSA) is 0 Å². The summed E-state index contributed by atoms with van der Waals surface area (Å²) < 4.78 is 0. The lowest BCUT2D eigenvalue weighted by Gasteiger charge is -2.28. The molecule has 0 heterocycles. The number of hydrogen-bond donors (Lipinski definition) is 0. The van der Waals surface area contributed by atoms with Crippen molar-refractivity contribution >= 4 is 129 Å². The van der Waals surface area contributed by atoms with Crippen LogP contribution in [0.2, 0.25) is 0 Å². The maximum atomic E-state index is 2.56. The Hall–Kier alpha value is -11.4. The van der Waals surface area contributed by atoms with Crippen molar-refractivity contribution in [1.29, 1.82) is 0 Å². The summed E-state index contributed by atoms with van der Waals surface area (Å²) in [6.45, 7) is 57.2. The summed E-state index contributed by atoms with van der Waals surface area (Å²) in [5.74, 6) is 0. The summed E-state index contributed by atoms with van der Waals surface area (Å²) in [6.07, 6.45) is 0. The zero-order valence-corrected chi connectivity index (χ0v) is 75.2. The predicted molar refractivity (Wildman–Crippen MR) is 529 cm³/mol. The van der Waals surface area contributed by atoms with Gasteiger partial charge in [-0.2, -0.15) is 0 Å². The fourth-order valence-electron chi connectivity index (χ4n) is 20.7. The van der Waals surface area contributed by atoms with Crippen LogP contribution in [0.1, 0.15) is 211 Å². The van der Waals surface area contributed by atoms with Crippen molar-refractivity contribution in [2.75, 3.05) is 0 Å². The molecule has 0 aliphatic carbocycles. The second-order valence-electron chi connectivity index (χ2n) is 44.0. The lowest BCUT2D eigenvalue weighted by Crippen LogP contribution is -2.16. The van der Waals surface area contributed by atoms with Crippen molar-refractivity contribution in [1.82, 2.24) is 0 Å². The highest BCUT2D eigenvalue weighted by molar-refractivity contribution is 6.49. The van der Waals surface area contributed by atoms with Crippen molar-refractivity contribution in [3.8, 4) is 77.9 Å². The van der Waals surface area contributed by atoms with E-state index in [1.54, 1.807) is 0 Å². The van der Waals surface area contributed by atoms with Gasteiger partial charge >= 0.3 is 0 Å². The molecule has 0 aliphatic rings. The largest absolute Gasteiger partial charge is 0.0610 e. The molecule has 0 saturated heterocycles.